The fourth-order valence-electron chi connectivity index (χ4n) is 1.62. The average molecular weight is 219 g/mol. The molecule has 0 saturated heterocycles. The van der Waals surface area contributed by atoms with Crippen molar-refractivity contribution < 1.29 is 5.11 Å². The molecule has 0 fully saturated rings. The summed E-state index contributed by atoms with van der Waals surface area (Å²) in [6, 6.07) is 3.38. The number of aryl methyl sites for hydroxylation is 1. The first-order valence-corrected chi connectivity index (χ1v) is 5.03. The molecule has 0 saturated carbocycles. The van der Waals surface area contributed by atoms with Gasteiger partial charge in [0.05, 0.1) is 11.7 Å². The van der Waals surface area contributed by atoms with Crippen LogP contribution in [-0.4, -0.2) is 21.2 Å². The first kappa shape index (κ1) is 10.6. The van der Waals surface area contributed by atoms with Crippen molar-refractivity contribution in [2.75, 3.05) is 6.54 Å². The highest BCUT2D eigenvalue weighted by atomic mass is 16.3. The van der Waals surface area contributed by atoms with Gasteiger partial charge >= 0.3 is 0 Å². The number of hydrogen-bond acceptors (Lipinski definition) is 4. The minimum Gasteiger partial charge on any atom is -0.505 e. The quantitative estimate of drug-likeness (QED) is 0.764. The molecule has 0 radical (unpaired) electrons. The van der Waals surface area contributed by atoms with Gasteiger partial charge in [0.1, 0.15) is 11.3 Å². The largest absolute Gasteiger partial charge is 0.505 e. The third-order valence-electron chi connectivity index (χ3n) is 2.54. The number of fused-ring (bicyclic) bond motifs is 1. The van der Waals surface area contributed by atoms with Gasteiger partial charge in [-0.2, -0.15) is 0 Å². The number of nitrogens with zero attached hydrogens (tertiary/aromatic N) is 2. The van der Waals surface area contributed by atoms with Crippen molar-refractivity contribution in [3.63, 3.8) is 0 Å². The molecule has 2 aromatic rings. The molecule has 5 nitrogen and oxygen atoms in total. The summed E-state index contributed by atoms with van der Waals surface area (Å²) in [6.07, 6.45) is 1.41. The van der Waals surface area contributed by atoms with Crippen LogP contribution in [0.15, 0.2) is 23.3 Å². The molecule has 0 aliphatic heterocycles. The number of nitrogens with two attached hydrogens (primary N) is 1. The maximum Gasteiger partial charge on any atom is 0.261 e. The lowest BCUT2D eigenvalue weighted by atomic mass is 10.1. The Kier molecular flexibility index (Phi) is 2.62. The number of aromatic nitrogens is 2. The molecule has 84 valence electrons. The van der Waals surface area contributed by atoms with Gasteiger partial charge in [0.2, 0.25) is 0 Å². The molecular formula is C11H13N3O2. The Labute approximate surface area is 92.2 Å². The van der Waals surface area contributed by atoms with Crippen molar-refractivity contribution in [2.24, 2.45) is 5.73 Å². The number of benzene rings is 1. The molecule has 0 bridgehead atoms. The van der Waals surface area contributed by atoms with Gasteiger partial charge in [-0.25, -0.2) is 4.98 Å². The summed E-state index contributed by atoms with van der Waals surface area (Å²) in [5.41, 5.74) is 6.27. The fraction of sp³-hybridized carbons (Fsp3) is 0.273. The highest BCUT2D eigenvalue weighted by Gasteiger charge is 2.08. The van der Waals surface area contributed by atoms with Gasteiger partial charge in [-0.15, -0.1) is 0 Å². The molecule has 0 amide bonds. The minimum atomic E-state index is -0.175. The van der Waals surface area contributed by atoms with Crippen LogP contribution in [0.3, 0.4) is 0 Å². The molecule has 0 atom stereocenters. The summed E-state index contributed by atoms with van der Waals surface area (Å²) in [6.45, 7) is 2.57. The summed E-state index contributed by atoms with van der Waals surface area (Å²) >= 11 is 0. The third kappa shape index (κ3) is 1.55. The van der Waals surface area contributed by atoms with Crippen molar-refractivity contribution in [1.82, 2.24) is 9.55 Å². The topological polar surface area (TPSA) is 81.1 Å². The van der Waals surface area contributed by atoms with E-state index in [0.717, 1.165) is 0 Å². The van der Waals surface area contributed by atoms with Crippen LogP contribution in [0.25, 0.3) is 10.9 Å². The predicted octanol–water partition coefficient (Wildman–Crippen LogP) is 0.369. The van der Waals surface area contributed by atoms with Gasteiger partial charge in [0.15, 0.2) is 0 Å². The predicted molar refractivity (Wildman–Crippen MR) is 61.5 cm³/mol. The lowest BCUT2D eigenvalue weighted by molar-refractivity contribution is 0.476. The standard InChI is InChI=1S/C11H13N3O2/c1-7-2-3-8-9(10(7)15)13-6-14(5-4-12)11(8)16/h2-3,6,15H,4-5,12H2,1H3. The molecule has 0 unspecified atom stereocenters. The van der Waals surface area contributed by atoms with Crippen molar-refractivity contribution in [3.8, 4) is 5.75 Å². The normalized spacial score (nSPS) is 10.9. The van der Waals surface area contributed by atoms with Crippen LogP contribution >= 0.6 is 0 Å². The van der Waals surface area contributed by atoms with E-state index in [2.05, 4.69) is 4.98 Å². The monoisotopic (exact) mass is 219 g/mol. The summed E-state index contributed by atoms with van der Waals surface area (Å²) in [4.78, 5) is 16.0. The van der Waals surface area contributed by atoms with Crippen LogP contribution in [0, 0.1) is 6.92 Å². The average Bonchev–Trinajstić information content (AvgIpc) is 2.28. The Morgan fingerprint density at radius 3 is 2.94 bits per heavy atom. The lowest BCUT2D eigenvalue weighted by Gasteiger charge is -2.06. The molecular weight excluding hydrogens is 206 g/mol. The molecule has 0 spiro atoms. The molecule has 2 rings (SSSR count). The van der Waals surface area contributed by atoms with Crippen LogP contribution in [0.4, 0.5) is 0 Å². The Balaban J connectivity index is 2.77. The Morgan fingerprint density at radius 1 is 1.50 bits per heavy atom. The van der Waals surface area contributed by atoms with Crippen molar-refractivity contribution in [2.45, 2.75) is 13.5 Å². The first-order chi connectivity index (χ1) is 7.65. The lowest BCUT2D eigenvalue weighted by Crippen LogP contribution is -2.24. The van der Waals surface area contributed by atoms with Crippen LogP contribution in [-0.2, 0) is 6.54 Å². The summed E-state index contributed by atoms with van der Waals surface area (Å²) in [5, 5.41) is 10.2. The second-order valence-corrected chi connectivity index (χ2v) is 3.66. The summed E-state index contributed by atoms with van der Waals surface area (Å²) < 4.78 is 1.44. The Bertz CT molecular complexity index is 590. The molecule has 3 N–H and O–H groups in total. The van der Waals surface area contributed by atoms with E-state index in [4.69, 9.17) is 5.73 Å². The van der Waals surface area contributed by atoms with E-state index in [1.54, 1.807) is 19.1 Å². The zero-order valence-electron chi connectivity index (χ0n) is 8.97. The smallest absolute Gasteiger partial charge is 0.261 e. The van der Waals surface area contributed by atoms with Crippen molar-refractivity contribution >= 4 is 10.9 Å². The minimum absolute atomic E-state index is 0.0644. The van der Waals surface area contributed by atoms with E-state index in [9.17, 15) is 9.90 Å². The van der Waals surface area contributed by atoms with Crippen LogP contribution in [0.2, 0.25) is 0 Å². The zero-order valence-corrected chi connectivity index (χ0v) is 8.97. The number of phenolic OH excluding ortho intramolecular Hbond substituents is 1. The van der Waals surface area contributed by atoms with Gasteiger partial charge in [-0.3, -0.25) is 9.36 Å². The number of hydrogen-bond donors (Lipinski definition) is 2. The van der Waals surface area contributed by atoms with Crippen LogP contribution in [0.5, 0.6) is 5.75 Å². The summed E-state index contributed by atoms with van der Waals surface area (Å²) in [5.74, 6) is 0.0644. The fourth-order valence-corrected chi connectivity index (χ4v) is 1.62. The van der Waals surface area contributed by atoms with Crippen molar-refractivity contribution in [3.05, 3.63) is 34.4 Å². The first-order valence-electron chi connectivity index (χ1n) is 5.03. The molecule has 1 aromatic carbocycles. The molecule has 1 heterocycles. The highest BCUT2D eigenvalue weighted by molar-refractivity contribution is 5.84. The van der Waals surface area contributed by atoms with Gasteiger partial charge in [-0.05, 0) is 18.6 Å². The second-order valence-electron chi connectivity index (χ2n) is 3.66. The molecule has 16 heavy (non-hydrogen) atoms. The second kappa shape index (κ2) is 3.94. The Morgan fingerprint density at radius 2 is 2.25 bits per heavy atom. The van der Waals surface area contributed by atoms with E-state index in [-0.39, 0.29) is 11.3 Å². The van der Waals surface area contributed by atoms with Gasteiger partial charge in [0, 0.05) is 13.1 Å². The molecule has 5 heteroatoms. The molecule has 1 aromatic heterocycles. The molecule has 0 aliphatic rings. The van der Waals surface area contributed by atoms with E-state index in [0.29, 0.717) is 29.6 Å². The van der Waals surface area contributed by atoms with Gasteiger partial charge < -0.3 is 10.8 Å². The SMILES string of the molecule is Cc1ccc2c(=O)n(CCN)cnc2c1O. The van der Waals surface area contributed by atoms with E-state index in [1.807, 2.05) is 0 Å². The van der Waals surface area contributed by atoms with Crippen LogP contribution < -0.4 is 11.3 Å². The van der Waals surface area contributed by atoms with E-state index in [1.165, 1.54) is 10.9 Å². The highest BCUT2D eigenvalue weighted by Crippen LogP contribution is 2.23. The van der Waals surface area contributed by atoms with E-state index < -0.39 is 0 Å². The zero-order chi connectivity index (χ0) is 11.7. The van der Waals surface area contributed by atoms with E-state index >= 15 is 0 Å². The maximum atomic E-state index is 11.9. The van der Waals surface area contributed by atoms with Gasteiger partial charge in [-0.1, -0.05) is 6.07 Å². The summed E-state index contributed by atoms with van der Waals surface area (Å²) in [7, 11) is 0. The van der Waals surface area contributed by atoms with Crippen LogP contribution in [0.1, 0.15) is 5.56 Å². The number of rotatable bonds is 2. The Hall–Kier alpha value is -1.88. The number of aromatic hydroxyl groups is 1. The molecule has 0 aliphatic carbocycles. The maximum absolute atomic E-state index is 11.9. The van der Waals surface area contributed by atoms with Gasteiger partial charge in [0.25, 0.3) is 5.56 Å². The number of phenols is 1. The third-order valence-corrected chi connectivity index (χ3v) is 2.54. The van der Waals surface area contributed by atoms with Crippen molar-refractivity contribution in [1.29, 1.82) is 0 Å².